The Labute approximate surface area is 98.0 Å². The lowest BCUT2D eigenvalue weighted by Gasteiger charge is -2.11. The Morgan fingerprint density at radius 2 is 1.82 bits per heavy atom. The zero-order valence-electron chi connectivity index (χ0n) is 9.42. The molecule has 0 aliphatic rings. The van der Waals surface area contributed by atoms with Gasteiger partial charge in [-0.1, -0.05) is 30.3 Å². The number of ketones is 1. The number of carbonyl (C=O) groups is 1. The largest absolute Gasteiger partial charge is 0.412 e. The highest BCUT2D eigenvalue weighted by Gasteiger charge is 2.33. The van der Waals surface area contributed by atoms with Crippen LogP contribution in [-0.4, -0.2) is 12.0 Å². The predicted molar refractivity (Wildman–Crippen MR) is 59.6 cm³/mol. The lowest BCUT2D eigenvalue weighted by Crippen LogP contribution is -2.14. The van der Waals surface area contributed by atoms with Crippen LogP contribution in [0.4, 0.5) is 13.2 Å². The quantitative estimate of drug-likeness (QED) is 0.736. The molecule has 1 nitrogen and oxygen atoms in total. The van der Waals surface area contributed by atoms with E-state index in [-0.39, 0.29) is 12.8 Å². The van der Waals surface area contributed by atoms with Crippen LogP contribution in [0.2, 0.25) is 0 Å². The summed E-state index contributed by atoms with van der Waals surface area (Å²) in [7, 11) is 0. The number of carbonyl (C=O) groups excluding carboxylic acids is 1. The van der Waals surface area contributed by atoms with Gasteiger partial charge in [-0.15, -0.1) is 0 Å². The molecular weight excluding hydrogens is 229 g/mol. The first-order valence-corrected chi connectivity index (χ1v) is 5.22. The van der Waals surface area contributed by atoms with Crippen molar-refractivity contribution in [3.8, 4) is 0 Å². The monoisotopic (exact) mass is 242 g/mol. The zero-order chi connectivity index (χ0) is 12.9. The van der Waals surface area contributed by atoms with Crippen molar-refractivity contribution < 1.29 is 18.0 Å². The summed E-state index contributed by atoms with van der Waals surface area (Å²) in [5.74, 6) is -0.578. The number of allylic oxidation sites excluding steroid dienone is 2. The Kier molecular flexibility index (Phi) is 4.49. The maximum atomic E-state index is 12.6. The number of halogens is 3. The average Bonchev–Trinajstić information content (AvgIpc) is 2.23. The molecule has 1 aromatic carbocycles. The van der Waals surface area contributed by atoms with E-state index >= 15 is 0 Å². The van der Waals surface area contributed by atoms with Crippen LogP contribution in [0.5, 0.6) is 0 Å². The van der Waals surface area contributed by atoms with Crippen LogP contribution in [0, 0.1) is 0 Å². The second-order valence-electron chi connectivity index (χ2n) is 3.76. The average molecular weight is 242 g/mol. The first kappa shape index (κ1) is 13.5. The van der Waals surface area contributed by atoms with Crippen molar-refractivity contribution >= 4 is 5.78 Å². The molecule has 0 aliphatic heterocycles. The minimum atomic E-state index is -4.43. The van der Waals surface area contributed by atoms with E-state index in [0.29, 0.717) is 6.08 Å². The smallest absolute Gasteiger partial charge is 0.295 e. The van der Waals surface area contributed by atoms with Crippen LogP contribution < -0.4 is 0 Å². The van der Waals surface area contributed by atoms with Gasteiger partial charge in [0.2, 0.25) is 0 Å². The van der Waals surface area contributed by atoms with Crippen LogP contribution in [0.25, 0.3) is 0 Å². The fraction of sp³-hybridized carbons (Fsp3) is 0.308. The highest BCUT2D eigenvalue weighted by molar-refractivity contribution is 5.88. The van der Waals surface area contributed by atoms with Gasteiger partial charge >= 0.3 is 6.18 Å². The first-order valence-electron chi connectivity index (χ1n) is 5.22. The molecule has 0 amide bonds. The Balaban J connectivity index is 2.73. The molecular formula is C13H13F3O. The second kappa shape index (κ2) is 5.66. The second-order valence-corrected chi connectivity index (χ2v) is 3.76. The molecule has 0 heterocycles. The molecule has 0 radical (unpaired) electrons. The Bertz CT molecular complexity index is 404. The molecule has 0 atom stereocenters. The normalized spacial score (nSPS) is 12.6. The summed E-state index contributed by atoms with van der Waals surface area (Å²) < 4.78 is 37.7. The Morgan fingerprint density at radius 3 is 2.29 bits per heavy atom. The van der Waals surface area contributed by atoms with Gasteiger partial charge in [0.1, 0.15) is 0 Å². The number of rotatable bonds is 4. The molecule has 0 aromatic heterocycles. The molecule has 0 spiro atoms. The summed E-state index contributed by atoms with van der Waals surface area (Å²) in [6.07, 6.45) is -3.66. The van der Waals surface area contributed by atoms with Gasteiger partial charge in [0.15, 0.2) is 5.78 Å². The number of aryl methyl sites for hydroxylation is 1. The molecule has 4 heteroatoms. The standard InChI is InChI=1S/C13H13F3O/c1-10(17)9-12(13(14,15)16)8-7-11-5-3-2-4-6-11/h2-6,9H,7-8H2,1H3. The molecule has 0 fully saturated rings. The van der Waals surface area contributed by atoms with Crippen molar-refractivity contribution in [3.05, 3.63) is 47.5 Å². The van der Waals surface area contributed by atoms with Crippen LogP contribution in [0.1, 0.15) is 18.9 Å². The minimum Gasteiger partial charge on any atom is -0.295 e. The maximum Gasteiger partial charge on any atom is 0.412 e. The Morgan fingerprint density at radius 1 is 1.24 bits per heavy atom. The number of hydrogen-bond acceptors (Lipinski definition) is 1. The van der Waals surface area contributed by atoms with Gasteiger partial charge < -0.3 is 0 Å². The maximum absolute atomic E-state index is 12.6. The summed E-state index contributed by atoms with van der Waals surface area (Å²) in [5.41, 5.74) is 0.0556. The third-order valence-corrected chi connectivity index (χ3v) is 2.27. The van der Waals surface area contributed by atoms with Crippen molar-refractivity contribution in [1.82, 2.24) is 0 Å². The summed E-state index contributed by atoms with van der Waals surface area (Å²) in [5, 5.41) is 0. The Hall–Kier alpha value is -1.58. The van der Waals surface area contributed by atoms with E-state index < -0.39 is 17.5 Å². The van der Waals surface area contributed by atoms with Gasteiger partial charge in [0.25, 0.3) is 0 Å². The molecule has 92 valence electrons. The molecule has 1 aromatic rings. The lowest BCUT2D eigenvalue weighted by atomic mass is 10.0. The van der Waals surface area contributed by atoms with Crippen LogP contribution in [0.3, 0.4) is 0 Å². The molecule has 0 aliphatic carbocycles. The molecule has 0 bridgehead atoms. The van der Waals surface area contributed by atoms with E-state index in [1.807, 2.05) is 0 Å². The molecule has 0 N–H and O–H groups in total. The first-order chi connectivity index (χ1) is 7.89. The van der Waals surface area contributed by atoms with Gasteiger partial charge in [-0.2, -0.15) is 13.2 Å². The molecule has 0 saturated carbocycles. The number of alkyl halides is 3. The summed E-state index contributed by atoms with van der Waals surface area (Å²) in [6.45, 7) is 1.12. The van der Waals surface area contributed by atoms with Crippen LogP contribution in [0.15, 0.2) is 42.0 Å². The van der Waals surface area contributed by atoms with Crippen LogP contribution >= 0.6 is 0 Å². The van der Waals surface area contributed by atoms with Crippen molar-refractivity contribution in [3.63, 3.8) is 0 Å². The minimum absolute atomic E-state index is 0.174. The molecule has 0 saturated heterocycles. The van der Waals surface area contributed by atoms with E-state index in [4.69, 9.17) is 0 Å². The third kappa shape index (κ3) is 4.85. The lowest BCUT2D eigenvalue weighted by molar-refractivity contribution is -0.114. The summed E-state index contributed by atoms with van der Waals surface area (Å²) >= 11 is 0. The van der Waals surface area contributed by atoms with Crippen LogP contribution in [-0.2, 0) is 11.2 Å². The number of hydrogen-bond donors (Lipinski definition) is 0. The fourth-order valence-electron chi connectivity index (χ4n) is 1.46. The van der Waals surface area contributed by atoms with Gasteiger partial charge in [0, 0.05) is 5.57 Å². The van der Waals surface area contributed by atoms with E-state index in [0.717, 1.165) is 12.5 Å². The van der Waals surface area contributed by atoms with E-state index in [2.05, 4.69) is 0 Å². The van der Waals surface area contributed by atoms with Gasteiger partial charge in [-0.25, -0.2) is 0 Å². The zero-order valence-corrected chi connectivity index (χ0v) is 9.42. The fourth-order valence-corrected chi connectivity index (χ4v) is 1.46. The van der Waals surface area contributed by atoms with Crippen molar-refractivity contribution in [1.29, 1.82) is 0 Å². The molecule has 17 heavy (non-hydrogen) atoms. The summed E-state index contributed by atoms with van der Waals surface area (Å²) in [4.78, 5) is 10.7. The van der Waals surface area contributed by atoms with Crippen molar-refractivity contribution in [2.75, 3.05) is 0 Å². The van der Waals surface area contributed by atoms with Gasteiger partial charge in [-0.3, -0.25) is 4.79 Å². The van der Waals surface area contributed by atoms with Gasteiger partial charge in [0.05, 0.1) is 0 Å². The predicted octanol–water partition coefficient (Wildman–Crippen LogP) is 3.70. The highest BCUT2D eigenvalue weighted by Crippen LogP contribution is 2.29. The van der Waals surface area contributed by atoms with Gasteiger partial charge in [-0.05, 0) is 31.4 Å². The summed E-state index contributed by atoms with van der Waals surface area (Å²) in [6, 6.07) is 8.89. The van der Waals surface area contributed by atoms with E-state index in [1.165, 1.54) is 0 Å². The highest BCUT2D eigenvalue weighted by atomic mass is 19.4. The van der Waals surface area contributed by atoms with Crippen molar-refractivity contribution in [2.45, 2.75) is 25.9 Å². The van der Waals surface area contributed by atoms with E-state index in [9.17, 15) is 18.0 Å². The van der Waals surface area contributed by atoms with E-state index in [1.54, 1.807) is 30.3 Å². The molecule has 0 unspecified atom stereocenters. The molecule has 1 rings (SSSR count). The topological polar surface area (TPSA) is 17.1 Å². The van der Waals surface area contributed by atoms with Crippen molar-refractivity contribution in [2.24, 2.45) is 0 Å². The SMILES string of the molecule is CC(=O)C=C(CCc1ccccc1)C(F)(F)F. The third-order valence-electron chi connectivity index (χ3n) is 2.27. The number of benzene rings is 1.